The van der Waals surface area contributed by atoms with Gasteiger partial charge in [0, 0.05) is 35.4 Å². The Bertz CT molecular complexity index is 564. The van der Waals surface area contributed by atoms with E-state index in [0.29, 0.717) is 18.0 Å². The summed E-state index contributed by atoms with van der Waals surface area (Å²) in [5, 5.41) is 0. The Morgan fingerprint density at radius 2 is 2.14 bits per heavy atom. The van der Waals surface area contributed by atoms with Crippen LogP contribution < -0.4 is 9.64 Å². The number of para-hydroxylation sites is 2. The van der Waals surface area contributed by atoms with Gasteiger partial charge in [0.25, 0.3) is 0 Å². The summed E-state index contributed by atoms with van der Waals surface area (Å²) < 4.78 is 16.8. The number of nitrogens with zero attached hydrogens (tertiary/aromatic N) is 2. The van der Waals surface area contributed by atoms with Gasteiger partial charge in [-0.3, -0.25) is 13.9 Å². The molecule has 1 aliphatic heterocycles. The van der Waals surface area contributed by atoms with Crippen LogP contribution >= 0.6 is 0 Å². The number of likely N-dealkylation sites (N-methyl/N-ethyl adjacent to an activating group) is 1. The zero-order valence-electron chi connectivity index (χ0n) is 13.6. The topological polar surface area (TPSA) is 49.9 Å². The van der Waals surface area contributed by atoms with E-state index in [1.54, 1.807) is 18.3 Å². The first-order chi connectivity index (χ1) is 10.5. The lowest BCUT2D eigenvalue weighted by Crippen LogP contribution is -2.45. The Morgan fingerprint density at radius 3 is 2.77 bits per heavy atom. The van der Waals surface area contributed by atoms with E-state index >= 15 is 0 Å². The van der Waals surface area contributed by atoms with Gasteiger partial charge in [-0.05, 0) is 32.5 Å². The highest BCUT2D eigenvalue weighted by molar-refractivity contribution is 7.84. The summed E-state index contributed by atoms with van der Waals surface area (Å²) in [7, 11) is 2.69. The lowest BCUT2D eigenvalue weighted by atomic mass is 10.2. The second kappa shape index (κ2) is 7.24. The number of benzene rings is 1. The van der Waals surface area contributed by atoms with Gasteiger partial charge in [-0.1, -0.05) is 12.1 Å². The molecule has 0 N–H and O–H groups in total. The molecule has 22 heavy (non-hydrogen) atoms. The van der Waals surface area contributed by atoms with Crippen LogP contribution in [0.25, 0.3) is 0 Å². The Kier molecular flexibility index (Phi) is 5.58. The smallest absolute Gasteiger partial charge is 0.244 e. The lowest BCUT2D eigenvalue weighted by Gasteiger charge is -2.29. The van der Waals surface area contributed by atoms with Gasteiger partial charge in [-0.25, -0.2) is 0 Å². The molecule has 1 aromatic carbocycles. The Balaban J connectivity index is 2.14. The molecule has 0 bridgehead atoms. The number of carbonyl (C=O) groups excluding carboxylic acids is 1. The molecule has 1 aliphatic rings. The van der Waals surface area contributed by atoms with Gasteiger partial charge in [0.2, 0.25) is 5.91 Å². The fraction of sp³-hybridized carbons (Fsp3) is 0.562. The molecular weight excluding hydrogens is 300 g/mol. The fourth-order valence-electron chi connectivity index (χ4n) is 2.90. The maximum Gasteiger partial charge on any atom is 0.244 e. The first-order valence-electron chi connectivity index (χ1n) is 7.42. The van der Waals surface area contributed by atoms with Crippen LogP contribution in [0.1, 0.15) is 13.3 Å². The van der Waals surface area contributed by atoms with Gasteiger partial charge < -0.3 is 9.64 Å². The number of ether oxygens (including phenoxy) is 1. The third-order valence-corrected chi connectivity index (χ3v) is 5.17. The van der Waals surface area contributed by atoms with Crippen molar-refractivity contribution in [2.24, 2.45) is 0 Å². The molecule has 1 aromatic rings. The minimum atomic E-state index is -0.864. The van der Waals surface area contributed by atoms with Crippen molar-refractivity contribution in [3.8, 4) is 5.75 Å². The van der Waals surface area contributed by atoms with Crippen molar-refractivity contribution in [2.45, 2.75) is 25.4 Å². The number of hydrogen-bond acceptors (Lipinski definition) is 4. The van der Waals surface area contributed by atoms with Crippen molar-refractivity contribution in [2.75, 3.05) is 37.6 Å². The van der Waals surface area contributed by atoms with Gasteiger partial charge in [-0.2, -0.15) is 0 Å². The Labute approximate surface area is 134 Å². The van der Waals surface area contributed by atoms with E-state index in [4.69, 9.17) is 4.74 Å². The van der Waals surface area contributed by atoms with Crippen molar-refractivity contribution in [3.63, 3.8) is 0 Å². The monoisotopic (exact) mass is 324 g/mol. The SMILES string of the molecule is COc1ccccc1N1CC[C@H](N(C)[C@@H](C)C[S@](C)=O)C1=O. The van der Waals surface area contributed by atoms with Crippen molar-refractivity contribution in [1.29, 1.82) is 0 Å². The Morgan fingerprint density at radius 1 is 1.45 bits per heavy atom. The summed E-state index contributed by atoms with van der Waals surface area (Å²) in [6.45, 7) is 2.69. The van der Waals surface area contributed by atoms with Crippen molar-refractivity contribution >= 4 is 22.4 Å². The minimum Gasteiger partial charge on any atom is -0.495 e. The predicted molar refractivity (Wildman–Crippen MR) is 89.9 cm³/mol. The third-order valence-electron chi connectivity index (χ3n) is 4.22. The van der Waals surface area contributed by atoms with Crippen molar-refractivity contribution in [1.82, 2.24) is 4.90 Å². The molecular formula is C16H24N2O3S. The van der Waals surface area contributed by atoms with Crippen LogP contribution in [0.15, 0.2) is 24.3 Å². The first-order valence-corrected chi connectivity index (χ1v) is 9.14. The molecule has 3 atom stereocenters. The number of methoxy groups -OCH3 is 1. The van der Waals surface area contributed by atoms with Crippen molar-refractivity contribution in [3.05, 3.63) is 24.3 Å². The van der Waals surface area contributed by atoms with Crippen molar-refractivity contribution < 1.29 is 13.7 Å². The van der Waals surface area contributed by atoms with Gasteiger partial charge in [-0.15, -0.1) is 0 Å². The van der Waals surface area contributed by atoms with Crippen LogP contribution in [-0.4, -0.2) is 59.8 Å². The number of carbonyl (C=O) groups is 1. The molecule has 1 fully saturated rings. The van der Waals surface area contributed by atoms with Crippen LogP contribution in [0.4, 0.5) is 5.69 Å². The highest BCUT2D eigenvalue weighted by Crippen LogP contribution is 2.32. The second-order valence-corrected chi connectivity index (χ2v) is 7.20. The number of rotatable bonds is 6. The molecule has 0 spiro atoms. The molecule has 1 saturated heterocycles. The zero-order chi connectivity index (χ0) is 16.3. The largest absolute Gasteiger partial charge is 0.495 e. The quantitative estimate of drug-likeness (QED) is 0.796. The van der Waals surface area contributed by atoms with Crippen LogP contribution in [0, 0.1) is 0 Å². The van der Waals surface area contributed by atoms with Gasteiger partial charge in [0.1, 0.15) is 5.75 Å². The lowest BCUT2D eigenvalue weighted by molar-refractivity contribution is -0.121. The number of anilines is 1. The van der Waals surface area contributed by atoms with Crippen LogP contribution in [-0.2, 0) is 15.6 Å². The first kappa shape index (κ1) is 17.0. The maximum atomic E-state index is 12.8. The van der Waals surface area contributed by atoms with E-state index in [1.807, 2.05) is 43.1 Å². The summed E-state index contributed by atoms with van der Waals surface area (Å²) in [4.78, 5) is 16.6. The molecule has 122 valence electrons. The maximum absolute atomic E-state index is 12.8. The summed E-state index contributed by atoms with van der Waals surface area (Å²) >= 11 is 0. The molecule has 1 amide bonds. The fourth-order valence-corrected chi connectivity index (χ4v) is 3.81. The summed E-state index contributed by atoms with van der Waals surface area (Å²) in [6.07, 6.45) is 2.47. The second-order valence-electron chi connectivity index (χ2n) is 5.72. The van der Waals surface area contributed by atoms with Gasteiger partial charge in [0.15, 0.2) is 0 Å². The molecule has 5 nitrogen and oxygen atoms in total. The zero-order valence-corrected chi connectivity index (χ0v) is 14.4. The number of hydrogen-bond donors (Lipinski definition) is 0. The number of amides is 1. The van der Waals surface area contributed by atoms with Crippen LogP contribution in [0.5, 0.6) is 5.75 Å². The summed E-state index contributed by atoms with van der Waals surface area (Å²) in [6, 6.07) is 7.52. The highest BCUT2D eigenvalue weighted by Gasteiger charge is 2.37. The molecule has 0 aliphatic carbocycles. The van der Waals surface area contributed by atoms with E-state index in [1.165, 1.54) is 0 Å². The van der Waals surface area contributed by atoms with E-state index in [0.717, 1.165) is 12.1 Å². The molecule has 2 rings (SSSR count). The van der Waals surface area contributed by atoms with E-state index in [-0.39, 0.29) is 18.0 Å². The molecule has 6 heteroatoms. The molecule has 0 radical (unpaired) electrons. The van der Waals surface area contributed by atoms with Gasteiger partial charge in [0.05, 0.1) is 18.8 Å². The molecule has 0 saturated carbocycles. The third kappa shape index (κ3) is 3.50. The van der Waals surface area contributed by atoms with Gasteiger partial charge >= 0.3 is 0 Å². The average molecular weight is 324 g/mol. The van der Waals surface area contributed by atoms with Crippen LogP contribution in [0.3, 0.4) is 0 Å². The highest BCUT2D eigenvalue weighted by atomic mass is 32.2. The average Bonchev–Trinajstić information content (AvgIpc) is 2.87. The van der Waals surface area contributed by atoms with E-state index in [2.05, 4.69) is 0 Å². The Hall–Kier alpha value is -1.40. The molecule has 0 unspecified atom stereocenters. The standard InChI is InChI=1S/C16H24N2O3S/c1-12(11-22(4)20)17(2)14-9-10-18(16(14)19)13-7-5-6-8-15(13)21-3/h5-8,12,14H,9-11H2,1-4H3/t12-,14-,22-/m0/s1. The van der Waals surface area contributed by atoms with E-state index < -0.39 is 10.8 Å². The molecule has 1 heterocycles. The van der Waals surface area contributed by atoms with Crippen LogP contribution in [0.2, 0.25) is 0 Å². The van der Waals surface area contributed by atoms with E-state index in [9.17, 15) is 9.00 Å². The predicted octanol–water partition coefficient (Wildman–Crippen LogP) is 1.50. The summed E-state index contributed by atoms with van der Waals surface area (Å²) in [5.74, 6) is 1.37. The minimum absolute atomic E-state index is 0.0840. The normalized spacial score (nSPS) is 21.2. The summed E-state index contributed by atoms with van der Waals surface area (Å²) in [5.41, 5.74) is 0.817. The molecule has 0 aromatic heterocycles.